The van der Waals surface area contributed by atoms with Gasteiger partial charge in [0.1, 0.15) is 0 Å². The lowest BCUT2D eigenvalue weighted by Crippen LogP contribution is -1.98. The second-order valence-electron chi connectivity index (χ2n) is 3.37. The molecule has 1 N–H and O–H groups in total. The van der Waals surface area contributed by atoms with Gasteiger partial charge in [0.25, 0.3) is 0 Å². The van der Waals surface area contributed by atoms with E-state index in [9.17, 15) is 4.79 Å². The first kappa shape index (κ1) is 11.2. The SMILES string of the molecule is O=C(O)c1ccsc1Cc1cccc(Cl)c1. The molecular weight excluding hydrogens is 244 g/mol. The number of aromatic carboxylic acids is 1. The molecule has 2 nitrogen and oxygen atoms in total. The maximum Gasteiger partial charge on any atom is 0.336 e. The van der Waals surface area contributed by atoms with E-state index in [4.69, 9.17) is 16.7 Å². The van der Waals surface area contributed by atoms with Gasteiger partial charge in [0.2, 0.25) is 0 Å². The Bertz CT molecular complexity index is 519. The van der Waals surface area contributed by atoms with Crippen molar-refractivity contribution >= 4 is 28.9 Å². The number of carbonyl (C=O) groups is 1. The first-order valence-corrected chi connectivity index (χ1v) is 5.96. The third-order valence-electron chi connectivity index (χ3n) is 2.23. The van der Waals surface area contributed by atoms with Crippen molar-refractivity contribution in [3.63, 3.8) is 0 Å². The molecule has 1 heterocycles. The molecule has 0 aliphatic heterocycles. The van der Waals surface area contributed by atoms with Crippen LogP contribution in [0.3, 0.4) is 0 Å². The van der Waals surface area contributed by atoms with E-state index in [2.05, 4.69) is 0 Å². The van der Waals surface area contributed by atoms with Gasteiger partial charge in [-0.25, -0.2) is 4.79 Å². The van der Waals surface area contributed by atoms with Crippen molar-refractivity contribution in [1.29, 1.82) is 0 Å². The predicted molar refractivity (Wildman–Crippen MR) is 65.5 cm³/mol. The molecule has 0 unspecified atom stereocenters. The summed E-state index contributed by atoms with van der Waals surface area (Å²) in [4.78, 5) is 11.8. The number of hydrogen-bond acceptors (Lipinski definition) is 2. The van der Waals surface area contributed by atoms with Crippen LogP contribution in [0.25, 0.3) is 0 Å². The fourth-order valence-corrected chi connectivity index (χ4v) is 2.61. The van der Waals surface area contributed by atoms with E-state index in [-0.39, 0.29) is 0 Å². The Morgan fingerprint density at radius 2 is 2.19 bits per heavy atom. The van der Waals surface area contributed by atoms with E-state index < -0.39 is 5.97 Å². The van der Waals surface area contributed by atoms with Crippen molar-refractivity contribution in [2.45, 2.75) is 6.42 Å². The van der Waals surface area contributed by atoms with Crippen molar-refractivity contribution < 1.29 is 9.90 Å². The summed E-state index contributed by atoms with van der Waals surface area (Å²) in [5.74, 6) is -0.877. The highest BCUT2D eigenvalue weighted by molar-refractivity contribution is 7.10. The summed E-state index contributed by atoms with van der Waals surface area (Å²) in [6.45, 7) is 0. The van der Waals surface area contributed by atoms with Crippen LogP contribution in [-0.4, -0.2) is 11.1 Å². The minimum absolute atomic E-state index is 0.380. The fourth-order valence-electron chi connectivity index (χ4n) is 1.50. The number of carboxylic acid groups (broad SMARTS) is 1. The molecule has 2 rings (SSSR count). The molecular formula is C12H9ClO2S. The molecule has 0 bridgehead atoms. The number of hydrogen-bond donors (Lipinski definition) is 1. The molecule has 0 saturated carbocycles. The van der Waals surface area contributed by atoms with Crippen LogP contribution in [-0.2, 0) is 6.42 Å². The largest absolute Gasteiger partial charge is 0.478 e. The molecule has 0 aliphatic rings. The standard InChI is InChI=1S/C12H9ClO2S/c13-9-3-1-2-8(6-9)7-11-10(12(14)15)4-5-16-11/h1-6H,7H2,(H,14,15). The Morgan fingerprint density at radius 1 is 1.38 bits per heavy atom. The fraction of sp³-hybridized carbons (Fsp3) is 0.0833. The number of carboxylic acids is 1. The molecule has 0 amide bonds. The van der Waals surface area contributed by atoms with Crippen molar-refractivity contribution in [2.24, 2.45) is 0 Å². The summed E-state index contributed by atoms with van der Waals surface area (Å²) in [5.41, 5.74) is 1.41. The van der Waals surface area contributed by atoms with Crippen molar-refractivity contribution in [2.75, 3.05) is 0 Å². The molecule has 0 radical (unpaired) electrons. The summed E-state index contributed by atoms with van der Waals surface area (Å²) in [5, 5.41) is 11.4. The minimum atomic E-state index is -0.877. The van der Waals surface area contributed by atoms with E-state index in [1.54, 1.807) is 17.5 Å². The Kier molecular flexibility index (Phi) is 3.27. The van der Waals surface area contributed by atoms with Gasteiger partial charge in [-0.2, -0.15) is 0 Å². The Hall–Kier alpha value is -1.32. The van der Waals surface area contributed by atoms with E-state index in [1.807, 2.05) is 18.2 Å². The molecule has 0 aliphatic carbocycles. The van der Waals surface area contributed by atoms with Crippen LogP contribution in [0.2, 0.25) is 5.02 Å². The first-order chi connectivity index (χ1) is 7.66. The maximum atomic E-state index is 10.9. The van der Waals surface area contributed by atoms with Crippen LogP contribution in [0.15, 0.2) is 35.7 Å². The van der Waals surface area contributed by atoms with Gasteiger partial charge in [0.05, 0.1) is 5.56 Å². The van der Waals surface area contributed by atoms with Crippen molar-refractivity contribution in [3.05, 3.63) is 56.7 Å². The number of benzene rings is 1. The highest BCUT2D eigenvalue weighted by atomic mass is 35.5. The highest BCUT2D eigenvalue weighted by Crippen LogP contribution is 2.22. The number of thiophene rings is 1. The van der Waals surface area contributed by atoms with Gasteiger partial charge in [-0.3, -0.25) is 0 Å². The zero-order chi connectivity index (χ0) is 11.5. The number of halogens is 1. The van der Waals surface area contributed by atoms with E-state index in [1.165, 1.54) is 11.3 Å². The smallest absolute Gasteiger partial charge is 0.336 e. The molecule has 4 heteroatoms. The minimum Gasteiger partial charge on any atom is -0.478 e. The van der Waals surface area contributed by atoms with Crippen molar-refractivity contribution in [1.82, 2.24) is 0 Å². The number of rotatable bonds is 3. The van der Waals surface area contributed by atoms with E-state index in [0.29, 0.717) is 17.0 Å². The zero-order valence-electron chi connectivity index (χ0n) is 8.31. The van der Waals surface area contributed by atoms with Gasteiger partial charge in [-0.15, -0.1) is 11.3 Å². The van der Waals surface area contributed by atoms with Crippen LogP contribution < -0.4 is 0 Å². The highest BCUT2D eigenvalue weighted by Gasteiger charge is 2.11. The van der Waals surface area contributed by atoms with Gasteiger partial charge < -0.3 is 5.11 Å². The summed E-state index contributed by atoms with van der Waals surface area (Å²) in [7, 11) is 0. The topological polar surface area (TPSA) is 37.3 Å². The Labute approximate surface area is 102 Å². The van der Waals surface area contributed by atoms with Crippen LogP contribution in [0.1, 0.15) is 20.8 Å². The zero-order valence-corrected chi connectivity index (χ0v) is 9.89. The monoisotopic (exact) mass is 252 g/mol. The predicted octanol–water partition coefficient (Wildman–Crippen LogP) is 3.69. The molecule has 0 saturated heterocycles. The molecule has 0 fully saturated rings. The van der Waals surface area contributed by atoms with Crippen molar-refractivity contribution in [3.8, 4) is 0 Å². The summed E-state index contributed by atoms with van der Waals surface area (Å²) < 4.78 is 0. The normalized spacial score (nSPS) is 10.3. The Balaban J connectivity index is 2.27. The average molecular weight is 253 g/mol. The second-order valence-corrected chi connectivity index (χ2v) is 4.81. The van der Waals surface area contributed by atoms with E-state index in [0.717, 1.165) is 10.4 Å². The van der Waals surface area contributed by atoms with Gasteiger partial charge in [-0.05, 0) is 29.1 Å². The lowest BCUT2D eigenvalue weighted by atomic mass is 10.1. The van der Waals surface area contributed by atoms with Crippen LogP contribution in [0.5, 0.6) is 0 Å². The van der Waals surface area contributed by atoms with E-state index >= 15 is 0 Å². The van der Waals surface area contributed by atoms with Gasteiger partial charge in [0.15, 0.2) is 0 Å². The van der Waals surface area contributed by atoms with Gasteiger partial charge >= 0.3 is 5.97 Å². The van der Waals surface area contributed by atoms with Gasteiger partial charge in [-0.1, -0.05) is 23.7 Å². The quantitative estimate of drug-likeness (QED) is 0.905. The summed E-state index contributed by atoms with van der Waals surface area (Å²) >= 11 is 7.33. The van der Waals surface area contributed by atoms with Gasteiger partial charge in [0, 0.05) is 16.3 Å². The third-order valence-corrected chi connectivity index (χ3v) is 3.39. The van der Waals surface area contributed by atoms with Crippen LogP contribution >= 0.6 is 22.9 Å². The first-order valence-electron chi connectivity index (χ1n) is 4.71. The molecule has 1 aromatic heterocycles. The molecule has 0 spiro atoms. The van der Waals surface area contributed by atoms with Crippen LogP contribution in [0.4, 0.5) is 0 Å². The third kappa shape index (κ3) is 2.43. The Morgan fingerprint density at radius 3 is 2.88 bits per heavy atom. The molecule has 82 valence electrons. The van der Waals surface area contributed by atoms with Crippen LogP contribution in [0, 0.1) is 0 Å². The molecule has 1 aromatic carbocycles. The lowest BCUT2D eigenvalue weighted by Gasteiger charge is -2.01. The molecule has 0 atom stereocenters. The maximum absolute atomic E-state index is 10.9. The average Bonchev–Trinajstić information content (AvgIpc) is 2.66. The molecule has 16 heavy (non-hydrogen) atoms. The lowest BCUT2D eigenvalue weighted by molar-refractivity contribution is 0.0696. The molecule has 2 aromatic rings. The summed E-state index contributed by atoms with van der Waals surface area (Å²) in [6.07, 6.45) is 0.611. The summed E-state index contributed by atoms with van der Waals surface area (Å²) in [6, 6.07) is 9.10. The second kappa shape index (κ2) is 4.68.